The fourth-order valence-electron chi connectivity index (χ4n) is 4.11. The SMILES string of the molecule is C[C@@H]1CN(CCCNC(=O)[C@H]2CC(=O)N(c3cccc(C(F)(F)F)c3)C2)C[C@@H](C)O1. The molecule has 0 radical (unpaired) electrons. The Labute approximate surface area is 174 Å². The van der Waals surface area contributed by atoms with Gasteiger partial charge in [-0.1, -0.05) is 6.07 Å². The normalized spacial score (nSPS) is 25.6. The van der Waals surface area contributed by atoms with Crippen molar-refractivity contribution in [3.63, 3.8) is 0 Å². The lowest BCUT2D eigenvalue weighted by molar-refractivity contribution is -0.137. The van der Waals surface area contributed by atoms with Gasteiger partial charge in [0.15, 0.2) is 0 Å². The topological polar surface area (TPSA) is 61.9 Å². The molecule has 2 saturated heterocycles. The Morgan fingerprint density at radius 2 is 1.90 bits per heavy atom. The van der Waals surface area contributed by atoms with Gasteiger partial charge >= 0.3 is 6.18 Å². The number of morpholine rings is 1. The van der Waals surface area contributed by atoms with Gasteiger partial charge in [-0.3, -0.25) is 14.5 Å². The van der Waals surface area contributed by atoms with E-state index in [-0.39, 0.29) is 42.7 Å². The van der Waals surface area contributed by atoms with E-state index in [1.165, 1.54) is 17.0 Å². The molecule has 2 fully saturated rings. The maximum absolute atomic E-state index is 12.9. The molecule has 0 saturated carbocycles. The number of nitrogens with zero attached hydrogens (tertiary/aromatic N) is 2. The Morgan fingerprint density at radius 3 is 2.57 bits per heavy atom. The predicted molar refractivity (Wildman–Crippen MR) is 106 cm³/mol. The van der Waals surface area contributed by atoms with Gasteiger partial charge in [-0.05, 0) is 38.5 Å². The van der Waals surface area contributed by atoms with Crippen molar-refractivity contribution in [3.8, 4) is 0 Å². The first-order chi connectivity index (χ1) is 14.1. The lowest BCUT2D eigenvalue weighted by Crippen LogP contribution is -2.46. The summed E-state index contributed by atoms with van der Waals surface area (Å²) in [4.78, 5) is 28.3. The van der Waals surface area contributed by atoms with Crippen LogP contribution >= 0.6 is 0 Å². The number of ether oxygens (including phenoxy) is 1. The molecule has 3 rings (SSSR count). The molecule has 0 spiro atoms. The third-order valence-corrected chi connectivity index (χ3v) is 5.43. The standard InChI is InChI=1S/C21H28F3N3O3/c1-14-11-26(12-15(2)30-14)8-4-7-25-20(29)16-9-19(28)27(13-16)18-6-3-5-17(10-18)21(22,23)24/h3,5-6,10,14-16H,4,7-9,11-13H2,1-2H3,(H,25,29)/t14-,15-,16+/m1/s1. The van der Waals surface area contributed by atoms with E-state index in [0.29, 0.717) is 6.54 Å². The number of benzene rings is 1. The second-order valence-corrected chi connectivity index (χ2v) is 8.11. The number of hydrogen-bond acceptors (Lipinski definition) is 4. The van der Waals surface area contributed by atoms with Crippen LogP contribution in [-0.2, 0) is 20.5 Å². The highest BCUT2D eigenvalue weighted by Crippen LogP contribution is 2.33. The van der Waals surface area contributed by atoms with Gasteiger partial charge in [0.2, 0.25) is 11.8 Å². The highest BCUT2D eigenvalue weighted by Gasteiger charge is 2.36. The molecular formula is C21H28F3N3O3. The molecular weight excluding hydrogens is 399 g/mol. The average Bonchev–Trinajstić information content (AvgIpc) is 3.05. The van der Waals surface area contributed by atoms with Crippen LogP contribution in [0.25, 0.3) is 0 Å². The first-order valence-corrected chi connectivity index (χ1v) is 10.3. The van der Waals surface area contributed by atoms with Gasteiger partial charge in [0.1, 0.15) is 0 Å². The Morgan fingerprint density at radius 1 is 1.20 bits per heavy atom. The molecule has 1 N–H and O–H groups in total. The summed E-state index contributed by atoms with van der Waals surface area (Å²) >= 11 is 0. The van der Waals surface area contributed by atoms with E-state index in [1.807, 2.05) is 13.8 Å². The zero-order valence-corrected chi connectivity index (χ0v) is 17.2. The molecule has 1 aromatic carbocycles. The summed E-state index contributed by atoms with van der Waals surface area (Å²) in [5.41, 5.74) is -0.645. The molecule has 0 unspecified atom stereocenters. The molecule has 9 heteroatoms. The summed E-state index contributed by atoms with van der Waals surface area (Å²) in [5.74, 6) is -1.14. The zero-order valence-electron chi connectivity index (χ0n) is 17.2. The number of halogens is 3. The van der Waals surface area contributed by atoms with Gasteiger partial charge in [-0.2, -0.15) is 13.2 Å². The molecule has 0 aromatic heterocycles. The van der Waals surface area contributed by atoms with Crippen molar-refractivity contribution in [2.45, 2.75) is 45.1 Å². The molecule has 0 bridgehead atoms. The number of carbonyl (C=O) groups excluding carboxylic acids is 2. The van der Waals surface area contributed by atoms with Crippen LogP contribution in [0.1, 0.15) is 32.3 Å². The van der Waals surface area contributed by atoms with E-state index in [1.54, 1.807) is 0 Å². The Bertz CT molecular complexity index is 761. The summed E-state index contributed by atoms with van der Waals surface area (Å²) < 4.78 is 44.5. The van der Waals surface area contributed by atoms with E-state index >= 15 is 0 Å². The molecule has 0 aliphatic carbocycles. The van der Waals surface area contributed by atoms with Crippen molar-refractivity contribution in [1.82, 2.24) is 10.2 Å². The lowest BCUT2D eigenvalue weighted by atomic mass is 10.1. The van der Waals surface area contributed by atoms with Crippen molar-refractivity contribution >= 4 is 17.5 Å². The second-order valence-electron chi connectivity index (χ2n) is 8.11. The number of carbonyl (C=O) groups is 2. The highest BCUT2D eigenvalue weighted by molar-refractivity contribution is 6.00. The van der Waals surface area contributed by atoms with E-state index in [2.05, 4.69) is 10.2 Å². The van der Waals surface area contributed by atoms with Crippen LogP contribution in [0.5, 0.6) is 0 Å². The maximum atomic E-state index is 12.9. The van der Waals surface area contributed by atoms with Crippen molar-refractivity contribution in [2.24, 2.45) is 5.92 Å². The smallest absolute Gasteiger partial charge is 0.373 e. The van der Waals surface area contributed by atoms with Crippen LogP contribution in [0.15, 0.2) is 24.3 Å². The fourth-order valence-corrected chi connectivity index (χ4v) is 4.11. The molecule has 2 aliphatic heterocycles. The van der Waals surface area contributed by atoms with Crippen LogP contribution in [0.3, 0.4) is 0 Å². The number of alkyl halides is 3. The number of amides is 2. The van der Waals surface area contributed by atoms with Crippen molar-refractivity contribution < 1.29 is 27.5 Å². The van der Waals surface area contributed by atoms with Gasteiger partial charge in [0.25, 0.3) is 0 Å². The van der Waals surface area contributed by atoms with Gasteiger partial charge in [0.05, 0.1) is 23.7 Å². The minimum atomic E-state index is -4.48. The molecule has 2 heterocycles. The summed E-state index contributed by atoms with van der Waals surface area (Å²) in [6, 6.07) is 4.64. The minimum absolute atomic E-state index is 0.000568. The van der Waals surface area contributed by atoms with E-state index in [0.717, 1.165) is 38.2 Å². The lowest BCUT2D eigenvalue weighted by Gasteiger charge is -2.35. The molecule has 1 aromatic rings. The van der Waals surface area contributed by atoms with Crippen molar-refractivity contribution in [3.05, 3.63) is 29.8 Å². The minimum Gasteiger partial charge on any atom is -0.373 e. The first kappa shape index (κ1) is 22.6. The Balaban J connectivity index is 1.47. The highest BCUT2D eigenvalue weighted by atomic mass is 19.4. The van der Waals surface area contributed by atoms with Crippen molar-refractivity contribution in [1.29, 1.82) is 0 Å². The molecule has 6 nitrogen and oxygen atoms in total. The molecule has 166 valence electrons. The monoisotopic (exact) mass is 427 g/mol. The number of nitrogens with one attached hydrogen (secondary N) is 1. The van der Waals surface area contributed by atoms with Crippen molar-refractivity contribution in [2.75, 3.05) is 37.6 Å². The van der Waals surface area contributed by atoms with Crippen LogP contribution < -0.4 is 10.2 Å². The Kier molecular flexibility index (Phi) is 7.02. The fraction of sp³-hybridized carbons (Fsp3) is 0.619. The Hall–Kier alpha value is -2.13. The second kappa shape index (κ2) is 9.34. The van der Waals surface area contributed by atoms with Crippen LogP contribution in [0.4, 0.5) is 18.9 Å². The summed E-state index contributed by atoms with van der Waals surface area (Å²) in [6.45, 7) is 7.23. The number of rotatable bonds is 6. The number of hydrogen-bond donors (Lipinski definition) is 1. The number of anilines is 1. The molecule has 2 amide bonds. The molecule has 3 atom stereocenters. The summed E-state index contributed by atoms with van der Waals surface area (Å²) in [7, 11) is 0. The average molecular weight is 427 g/mol. The summed E-state index contributed by atoms with van der Waals surface area (Å²) in [5, 5.41) is 2.86. The first-order valence-electron chi connectivity index (χ1n) is 10.3. The van der Waals surface area contributed by atoms with E-state index in [4.69, 9.17) is 4.74 Å². The van der Waals surface area contributed by atoms with Crippen LogP contribution in [0.2, 0.25) is 0 Å². The third-order valence-electron chi connectivity index (χ3n) is 5.43. The predicted octanol–water partition coefficient (Wildman–Crippen LogP) is 2.67. The molecule has 30 heavy (non-hydrogen) atoms. The molecule has 2 aliphatic rings. The largest absolute Gasteiger partial charge is 0.416 e. The van der Waals surface area contributed by atoms with Crippen LogP contribution in [0, 0.1) is 5.92 Å². The maximum Gasteiger partial charge on any atom is 0.416 e. The van der Waals surface area contributed by atoms with Crippen LogP contribution in [-0.4, -0.2) is 61.6 Å². The van der Waals surface area contributed by atoms with E-state index in [9.17, 15) is 22.8 Å². The summed E-state index contributed by atoms with van der Waals surface area (Å²) in [6.07, 6.45) is -3.32. The quantitative estimate of drug-likeness (QED) is 0.710. The third kappa shape index (κ3) is 5.72. The van der Waals surface area contributed by atoms with Gasteiger partial charge in [-0.15, -0.1) is 0 Å². The zero-order chi connectivity index (χ0) is 21.9. The van der Waals surface area contributed by atoms with Gasteiger partial charge in [0, 0.05) is 44.8 Å². The van der Waals surface area contributed by atoms with Gasteiger partial charge in [-0.25, -0.2) is 0 Å². The van der Waals surface area contributed by atoms with E-state index < -0.39 is 17.7 Å². The van der Waals surface area contributed by atoms with Gasteiger partial charge < -0.3 is 15.0 Å².